The highest BCUT2D eigenvalue weighted by atomic mass is 14.0. The van der Waals surface area contributed by atoms with Crippen LogP contribution in [0.25, 0.3) is 0 Å². The Morgan fingerprint density at radius 3 is 2.29 bits per heavy atom. The van der Waals surface area contributed by atoms with Gasteiger partial charge >= 0.3 is 0 Å². The van der Waals surface area contributed by atoms with E-state index in [4.69, 9.17) is 0 Å². The molecule has 0 fully saturated rings. The summed E-state index contributed by atoms with van der Waals surface area (Å²) < 4.78 is 0. The van der Waals surface area contributed by atoms with E-state index in [1.165, 1.54) is 56.9 Å². The molecule has 0 rings (SSSR count). The van der Waals surface area contributed by atoms with Gasteiger partial charge in [0.05, 0.1) is 0 Å². The maximum Gasteiger partial charge on any atom is -0.0285 e. The lowest BCUT2D eigenvalue weighted by molar-refractivity contribution is 0.717. The predicted molar refractivity (Wildman–Crippen MR) is 66.6 cm³/mol. The van der Waals surface area contributed by atoms with Crippen molar-refractivity contribution in [3.05, 3.63) is 24.3 Å². The Bertz CT molecular complexity index is 153. The molecule has 0 spiro atoms. The summed E-state index contributed by atoms with van der Waals surface area (Å²) >= 11 is 0. The molecule has 0 atom stereocenters. The smallest absolute Gasteiger partial charge is 0.0285 e. The molecule has 0 aliphatic rings. The Balaban J connectivity index is 3.32. The van der Waals surface area contributed by atoms with Crippen molar-refractivity contribution in [2.24, 2.45) is 0 Å². The molecule has 0 aromatic rings. The average molecular weight is 194 g/mol. The third-order valence-corrected chi connectivity index (χ3v) is 2.43. The highest BCUT2D eigenvalue weighted by Crippen LogP contribution is 2.09. The lowest BCUT2D eigenvalue weighted by Gasteiger charge is -1.98. The van der Waals surface area contributed by atoms with Gasteiger partial charge in [-0.25, -0.2) is 0 Å². The topological polar surface area (TPSA) is 0 Å². The molecular weight excluding hydrogens is 168 g/mol. The van der Waals surface area contributed by atoms with Crippen LogP contribution in [0.15, 0.2) is 24.3 Å². The normalized spacial score (nSPS) is 11.0. The van der Waals surface area contributed by atoms with Crippen LogP contribution in [0.5, 0.6) is 0 Å². The molecule has 0 aromatic carbocycles. The van der Waals surface area contributed by atoms with Gasteiger partial charge in [0.1, 0.15) is 0 Å². The minimum atomic E-state index is 1.18. The second-order valence-corrected chi connectivity index (χ2v) is 4.01. The number of allylic oxidation sites excluding steroid dienone is 3. The van der Waals surface area contributed by atoms with Crippen molar-refractivity contribution < 1.29 is 0 Å². The molecule has 14 heavy (non-hydrogen) atoms. The van der Waals surface area contributed by atoms with Gasteiger partial charge in [-0.15, -0.1) is 0 Å². The van der Waals surface area contributed by atoms with Crippen LogP contribution in [0.4, 0.5) is 0 Å². The molecule has 0 saturated heterocycles. The van der Waals surface area contributed by atoms with E-state index in [-0.39, 0.29) is 0 Å². The van der Waals surface area contributed by atoms with Crippen LogP contribution in [0.2, 0.25) is 0 Å². The van der Waals surface area contributed by atoms with Crippen molar-refractivity contribution in [2.45, 2.75) is 65.2 Å². The van der Waals surface area contributed by atoms with Crippen LogP contribution in [0.3, 0.4) is 0 Å². The van der Waals surface area contributed by atoms with Gasteiger partial charge in [0, 0.05) is 0 Å². The van der Waals surface area contributed by atoms with Crippen LogP contribution < -0.4 is 0 Å². The van der Waals surface area contributed by atoms with Crippen molar-refractivity contribution in [1.29, 1.82) is 0 Å². The van der Waals surface area contributed by atoms with E-state index in [1.54, 1.807) is 0 Å². The van der Waals surface area contributed by atoms with Crippen molar-refractivity contribution in [2.75, 3.05) is 0 Å². The van der Waals surface area contributed by atoms with Gasteiger partial charge in [0.25, 0.3) is 0 Å². The molecule has 0 aliphatic heterocycles. The fourth-order valence-electron chi connectivity index (χ4n) is 1.45. The van der Waals surface area contributed by atoms with Gasteiger partial charge in [0.2, 0.25) is 0 Å². The zero-order valence-corrected chi connectivity index (χ0v) is 10.0. The van der Waals surface area contributed by atoms with Crippen LogP contribution in [0.1, 0.15) is 65.2 Å². The van der Waals surface area contributed by atoms with E-state index in [0.717, 1.165) is 0 Å². The maximum atomic E-state index is 4.06. The minimum Gasteiger partial charge on any atom is -0.0958 e. The summed E-state index contributed by atoms with van der Waals surface area (Å²) in [6, 6.07) is 0. The zero-order chi connectivity index (χ0) is 10.6. The van der Waals surface area contributed by atoms with Crippen LogP contribution in [-0.2, 0) is 0 Å². The van der Waals surface area contributed by atoms with Gasteiger partial charge in [0.15, 0.2) is 0 Å². The molecule has 0 aliphatic carbocycles. The van der Waals surface area contributed by atoms with E-state index in [0.29, 0.717) is 0 Å². The van der Waals surface area contributed by atoms with Crippen molar-refractivity contribution >= 4 is 0 Å². The number of hydrogen-bond acceptors (Lipinski definition) is 0. The summed E-state index contributed by atoms with van der Waals surface area (Å²) in [6.45, 7) is 8.54. The third kappa shape index (κ3) is 9.57. The molecular formula is C14H26. The highest BCUT2D eigenvalue weighted by molar-refractivity contribution is 5.13. The molecule has 0 unspecified atom stereocenters. The molecule has 0 heterocycles. The number of hydrogen-bond donors (Lipinski definition) is 0. The fourth-order valence-corrected chi connectivity index (χ4v) is 1.45. The summed E-state index contributed by atoms with van der Waals surface area (Å²) in [5, 5.41) is 0. The quantitative estimate of drug-likeness (QED) is 0.347. The summed E-state index contributed by atoms with van der Waals surface area (Å²) in [6.07, 6.45) is 14.8. The first kappa shape index (κ1) is 13.5. The Morgan fingerprint density at radius 1 is 1.00 bits per heavy atom. The molecule has 0 aromatic heterocycles. The van der Waals surface area contributed by atoms with Crippen molar-refractivity contribution in [3.63, 3.8) is 0 Å². The molecule has 0 bridgehead atoms. The Labute approximate surface area is 90.1 Å². The molecule has 0 radical (unpaired) electrons. The first-order valence-electron chi connectivity index (χ1n) is 6.15. The van der Waals surface area contributed by atoms with Gasteiger partial charge < -0.3 is 0 Å². The summed E-state index contributed by atoms with van der Waals surface area (Å²) in [7, 11) is 0. The third-order valence-electron chi connectivity index (χ3n) is 2.43. The summed E-state index contributed by atoms with van der Waals surface area (Å²) in [5.74, 6) is 0. The monoisotopic (exact) mass is 194 g/mol. The van der Waals surface area contributed by atoms with E-state index in [2.05, 4.69) is 32.6 Å². The van der Waals surface area contributed by atoms with Gasteiger partial charge in [-0.1, -0.05) is 63.8 Å². The van der Waals surface area contributed by atoms with Gasteiger partial charge in [-0.2, -0.15) is 0 Å². The van der Waals surface area contributed by atoms with Crippen LogP contribution >= 0.6 is 0 Å². The minimum absolute atomic E-state index is 1.18. The SMILES string of the molecule is C=C(/C=C/CCCCC)CCCCC. The summed E-state index contributed by atoms with van der Waals surface area (Å²) in [5.41, 5.74) is 1.30. The first-order valence-corrected chi connectivity index (χ1v) is 6.15. The molecule has 0 saturated carbocycles. The standard InChI is InChI=1S/C14H26/c1-4-6-8-9-11-13-14(3)12-10-7-5-2/h11,13H,3-10,12H2,1-2H3/b13-11+. The first-order chi connectivity index (χ1) is 6.81. The zero-order valence-electron chi connectivity index (χ0n) is 10.0. The fraction of sp³-hybridized carbons (Fsp3) is 0.714. The van der Waals surface area contributed by atoms with Crippen LogP contribution in [-0.4, -0.2) is 0 Å². The molecule has 0 amide bonds. The molecule has 0 nitrogen and oxygen atoms in total. The van der Waals surface area contributed by atoms with Crippen molar-refractivity contribution in [3.8, 4) is 0 Å². The second-order valence-electron chi connectivity index (χ2n) is 4.01. The Kier molecular flexibility index (Phi) is 10.2. The van der Waals surface area contributed by atoms with E-state index in [9.17, 15) is 0 Å². The number of rotatable bonds is 9. The lowest BCUT2D eigenvalue weighted by Crippen LogP contribution is -1.78. The second kappa shape index (κ2) is 10.6. The highest BCUT2D eigenvalue weighted by Gasteiger charge is 1.89. The van der Waals surface area contributed by atoms with E-state index in [1.807, 2.05) is 0 Å². The van der Waals surface area contributed by atoms with Gasteiger partial charge in [-0.05, 0) is 25.7 Å². The predicted octanol–water partition coefficient (Wildman–Crippen LogP) is 5.26. The molecule has 0 heteroatoms. The summed E-state index contributed by atoms with van der Waals surface area (Å²) in [4.78, 5) is 0. The molecule has 0 N–H and O–H groups in total. The molecule has 82 valence electrons. The number of unbranched alkanes of at least 4 members (excludes halogenated alkanes) is 5. The van der Waals surface area contributed by atoms with Crippen molar-refractivity contribution in [1.82, 2.24) is 0 Å². The largest absolute Gasteiger partial charge is 0.0958 e. The van der Waals surface area contributed by atoms with E-state index >= 15 is 0 Å². The van der Waals surface area contributed by atoms with E-state index < -0.39 is 0 Å². The lowest BCUT2D eigenvalue weighted by atomic mass is 10.1. The average Bonchev–Trinajstić information content (AvgIpc) is 2.18. The Hall–Kier alpha value is -0.520. The van der Waals surface area contributed by atoms with Crippen LogP contribution in [0, 0.1) is 0 Å². The Morgan fingerprint density at radius 2 is 1.64 bits per heavy atom. The maximum absolute atomic E-state index is 4.06. The van der Waals surface area contributed by atoms with Gasteiger partial charge in [-0.3, -0.25) is 0 Å².